The molecule has 0 N–H and O–H groups in total. The van der Waals surface area contributed by atoms with Crippen molar-refractivity contribution in [2.45, 2.75) is 26.2 Å². The fraction of sp³-hybridized carbons (Fsp3) is 0.556. The number of ether oxygens (including phenoxy) is 2. The zero-order chi connectivity index (χ0) is 16.5. The number of esters is 1. The maximum Gasteiger partial charge on any atom is 0.310 e. The molecule has 0 aromatic heterocycles. The van der Waals surface area contributed by atoms with Crippen molar-refractivity contribution in [2.24, 2.45) is 5.92 Å². The Morgan fingerprint density at radius 3 is 2.96 bits per heavy atom. The summed E-state index contributed by atoms with van der Waals surface area (Å²) in [5.74, 6) is 0.568. The number of halogens is 1. The van der Waals surface area contributed by atoms with Gasteiger partial charge in [-0.05, 0) is 44.9 Å². The first kappa shape index (κ1) is 20.3. The van der Waals surface area contributed by atoms with Crippen molar-refractivity contribution in [1.82, 2.24) is 4.90 Å². The number of likely N-dealkylation sites (tertiary alicyclic amines) is 1. The van der Waals surface area contributed by atoms with Gasteiger partial charge in [-0.25, -0.2) is 0 Å². The lowest BCUT2D eigenvalue weighted by Gasteiger charge is -2.31. The highest BCUT2D eigenvalue weighted by Gasteiger charge is 2.26. The van der Waals surface area contributed by atoms with Crippen LogP contribution in [0.4, 0.5) is 0 Å². The molecule has 1 unspecified atom stereocenters. The fourth-order valence-electron chi connectivity index (χ4n) is 2.87. The molecule has 1 heterocycles. The maximum atomic E-state index is 11.8. The van der Waals surface area contributed by atoms with Crippen LogP contribution < -0.4 is 4.74 Å². The van der Waals surface area contributed by atoms with Gasteiger partial charge in [0, 0.05) is 13.1 Å². The van der Waals surface area contributed by atoms with E-state index in [-0.39, 0.29) is 24.3 Å². The predicted octanol–water partition coefficient (Wildman–Crippen LogP) is 3.02. The van der Waals surface area contributed by atoms with Gasteiger partial charge in [-0.2, -0.15) is 5.26 Å². The van der Waals surface area contributed by atoms with E-state index in [1.165, 1.54) is 0 Å². The molecule has 0 saturated carbocycles. The highest BCUT2D eigenvalue weighted by Crippen LogP contribution is 2.19. The van der Waals surface area contributed by atoms with Gasteiger partial charge in [-0.15, -0.1) is 12.4 Å². The van der Waals surface area contributed by atoms with E-state index in [9.17, 15) is 4.79 Å². The molecular formula is C18H25ClN2O3. The molecular weight excluding hydrogens is 328 g/mol. The van der Waals surface area contributed by atoms with Gasteiger partial charge in [-0.1, -0.05) is 12.1 Å². The third-order valence-electron chi connectivity index (χ3n) is 4.01. The van der Waals surface area contributed by atoms with E-state index in [1.54, 1.807) is 6.07 Å². The van der Waals surface area contributed by atoms with E-state index in [1.807, 2.05) is 25.1 Å². The van der Waals surface area contributed by atoms with Crippen molar-refractivity contribution in [3.05, 3.63) is 29.8 Å². The molecule has 1 aromatic carbocycles. The van der Waals surface area contributed by atoms with E-state index < -0.39 is 0 Å². The summed E-state index contributed by atoms with van der Waals surface area (Å²) in [5, 5.41) is 9.02. The summed E-state index contributed by atoms with van der Waals surface area (Å²) < 4.78 is 10.8. The fourth-order valence-corrected chi connectivity index (χ4v) is 2.87. The van der Waals surface area contributed by atoms with Crippen molar-refractivity contribution in [3.63, 3.8) is 0 Å². The smallest absolute Gasteiger partial charge is 0.310 e. The molecule has 0 amide bonds. The van der Waals surface area contributed by atoms with Crippen molar-refractivity contribution in [3.8, 4) is 11.8 Å². The average molecular weight is 353 g/mol. The third-order valence-corrected chi connectivity index (χ3v) is 4.01. The van der Waals surface area contributed by atoms with Crippen LogP contribution in [0, 0.1) is 17.2 Å². The van der Waals surface area contributed by atoms with Gasteiger partial charge in [0.2, 0.25) is 0 Å². The molecule has 1 aliphatic heterocycles. The summed E-state index contributed by atoms with van der Waals surface area (Å²) in [6, 6.07) is 9.39. The highest BCUT2D eigenvalue weighted by molar-refractivity contribution is 5.85. The van der Waals surface area contributed by atoms with E-state index >= 15 is 0 Å². The first-order valence-corrected chi connectivity index (χ1v) is 8.25. The van der Waals surface area contributed by atoms with Gasteiger partial charge in [-0.3, -0.25) is 4.79 Å². The standard InChI is InChI=1S/C18H24N2O3.ClH/c1-2-22-18(21)16-8-5-10-20(14-16)11-6-12-23-17-9-4-3-7-15(17)13-19;/h3-4,7,9,16H,2,5-6,8,10-12,14H2,1H3;1H. The molecule has 6 heteroatoms. The molecule has 132 valence electrons. The van der Waals surface area contributed by atoms with Crippen LogP contribution in [0.2, 0.25) is 0 Å². The van der Waals surface area contributed by atoms with Gasteiger partial charge in [0.05, 0.1) is 24.7 Å². The number of para-hydroxylation sites is 1. The Bertz CT molecular complexity index is 559. The zero-order valence-electron chi connectivity index (χ0n) is 14.1. The minimum absolute atomic E-state index is 0. The molecule has 5 nitrogen and oxygen atoms in total. The molecule has 24 heavy (non-hydrogen) atoms. The Morgan fingerprint density at radius 1 is 1.42 bits per heavy atom. The normalized spacial score (nSPS) is 17.4. The average Bonchev–Trinajstić information content (AvgIpc) is 2.59. The lowest BCUT2D eigenvalue weighted by molar-refractivity contribution is -0.149. The summed E-state index contributed by atoms with van der Waals surface area (Å²) in [4.78, 5) is 14.1. The number of hydrogen-bond acceptors (Lipinski definition) is 5. The van der Waals surface area contributed by atoms with Crippen molar-refractivity contribution >= 4 is 18.4 Å². The summed E-state index contributed by atoms with van der Waals surface area (Å²) in [5.41, 5.74) is 0.563. The second kappa shape index (κ2) is 10.9. The maximum absolute atomic E-state index is 11.8. The van der Waals surface area contributed by atoms with E-state index in [0.717, 1.165) is 38.9 Å². The Morgan fingerprint density at radius 2 is 2.21 bits per heavy atom. The number of hydrogen-bond donors (Lipinski definition) is 0. The molecule has 1 aliphatic rings. The summed E-state index contributed by atoms with van der Waals surface area (Å²) >= 11 is 0. The number of carbonyl (C=O) groups excluding carboxylic acids is 1. The second-order valence-corrected chi connectivity index (χ2v) is 5.70. The number of piperidine rings is 1. The van der Waals surface area contributed by atoms with Gasteiger partial charge in [0.1, 0.15) is 11.8 Å². The van der Waals surface area contributed by atoms with Crippen LogP contribution >= 0.6 is 12.4 Å². The zero-order valence-corrected chi connectivity index (χ0v) is 14.9. The number of rotatable bonds is 7. The van der Waals surface area contributed by atoms with Gasteiger partial charge >= 0.3 is 5.97 Å². The lowest BCUT2D eigenvalue weighted by Crippen LogP contribution is -2.40. The Balaban J connectivity index is 0.00000288. The minimum atomic E-state index is -0.0728. The van der Waals surface area contributed by atoms with Crippen LogP contribution in [0.25, 0.3) is 0 Å². The molecule has 2 rings (SSSR count). The van der Waals surface area contributed by atoms with E-state index in [2.05, 4.69) is 11.0 Å². The molecule has 1 fully saturated rings. The second-order valence-electron chi connectivity index (χ2n) is 5.70. The molecule has 0 spiro atoms. The number of nitriles is 1. The van der Waals surface area contributed by atoms with Crippen LogP contribution in [0.15, 0.2) is 24.3 Å². The number of carbonyl (C=O) groups is 1. The summed E-state index contributed by atoms with van der Waals surface area (Å²) in [7, 11) is 0. The van der Waals surface area contributed by atoms with Crippen LogP contribution in [0.3, 0.4) is 0 Å². The van der Waals surface area contributed by atoms with Crippen LogP contribution in [-0.2, 0) is 9.53 Å². The summed E-state index contributed by atoms with van der Waals surface area (Å²) in [6.45, 7) is 5.54. The number of nitrogens with zero attached hydrogens (tertiary/aromatic N) is 2. The van der Waals surface area contributed by atoms with Crippen molar-refractivity contribution < 1.29 is 14.3 Å². The minimum Gasteiger partial charge on any atom is -0.492 e. The molecule has 0 aliphatic carbocycles. The predicted molar refractivity (Wildman–Crippen MR) is 94.3 cm³/mol. The Hall–Kier alpha value is -1.77. The summed E-state index contributed by atoms with van der Waals surface area (Å²) in [6.07, 6.45) is 2.82. The quantitative estimate of drug-likeness (QED) is 0.557. The van der Waals surface area contributed by atoms with E-state index in [0.29, 0.717) is 24.5 Å². The van der Waals surface area contributed by atoms with Crippen molar-refractivity contribution in [2.75, 3.05) is 32.8 Å². The number of benzene rings is 1. The third kappa shape index (κ3) is 6.03. The SMILES string of the molecule is CCOC(=O)C1CCCN(CCCOc2ccccc2C#N)C1.Cl. The van der Waals surface area contributed by atoms with Crippen molar-refractivity contribution in [1.29, 1.82) is 5.26 Å². The monoisotopic (exact) mass is 352 g/mol. The molecule has 0 bridgehead atoms. The van der Waals surface area contributed by atoms with Crippen LogP contribution in [0.5, 0.6) is 5.75 Å². The highest BCUT2D eigenvalue weighted by atomic mass is 35.5. The Labute approximate surface area is 149 Å². The Kier molecular flexibility index (Phi) is 9.21. The van der Waals surface area contributed by atoms with Crippen LogP contribution in [-0.4, -0.2) is 43.7 Å². The molecule has 0 radical (unpaired) electrons. The molecule has 1 atom stereocenters. The largest absolute Gasteiger partial charge is 0.492 e. The molecule has 1 aromatic rings. The first-order chi connectivity index (χ1) is 11.2. The van der Waals surface area contributed by atoms with Gasteiger partial charge < -0.3 is 14.4 Å². The van der Waals surface area contributed by atoms with Gasteiger partial charge in [0.25, 0.3) is 0 Å². The lowest BCUT2D eigenvalue weighted by atomic mass is 9.98. The molecule has 1 saturated heterocycles. The topological polar surface area (TPSA) is 62.6 Å². The van der Waals surface area contributed by atoms with Crippen LogP contribution in [0.1, 0.15) is 31.7 Å². The van der Waals surface area contributed by atoms with E-state index in [4.69, 9.17) is 14.7 Å². The van der Waals surface area contributed by atoms with Gasteiger partial charge in [0.15, 0.2) is 0 Å². The first-order valence-electron chi connectivity index (χ1n) is 8.25.